The van der Waals surface area contributed by atoms with Gasteiger partial charge in [0.2, 0.25) is 0 Å². The van der Waals surface area contributed by atoms with Crippen molar-refractivity contribution in [1.82, 2.24) is 4.98 Å². The number of hydrogen-bond acceptors (Lipinski definition) is 3. The lowest BCUT2D eigenvalue weighted by molar-refractivity contribution is 0.601. The quantitative estimate of drug-likeness (QED) is 0.714. The molecule has 6 heteroatoms. The van der Waals surface area contributed by atoms with E-state index in [4.69, 9.17) is 11.6 Å². The SMILES string of the molecule is Cc1cccc(-c2ccc(C)c(NS(=O)(=O)c3ccc(Cl)cc3)c2)n1. The summed E-state index contributed by atoms with van der Waals surface area (Å²) in [5.41, 5.74) is 3.90. The molecule has 25 heavy (non-hydrogen) atoms. The average molecular weight is 373 g/mol. The molecule has 0 unspecified atom stereocenters. The van der Waals surface area contributed by atoms with Crippen LogP contribution in [0.1, 0.15) is 11.3 Å². The number of pyridine rings is 1. The number of nitrogens with zero attached hydrogens (tertiary/aromatic N) is 1. The molecule has 0 aliphatic rings. The summed E-state index contributed by atoms with van der Waals surface area (Å²) >= 11 is 5.83. The molecule has 0 radical (unpaired) electrons. The van der Waals surface area contributed by atoms with Crippen molar-refractivity contribution >= 4 is 27.3 Å². The van der Waals surface area contributed by atoms with Crippen LogP contribution >= 0.6 is 11.6 Å². The first-order valence-corrected chi connectivity index (χ1v) is 9.54. The molecule has 4 nitrogen and oxygen atoms in total. The Morgan fingerprint density at radius 1 is 0.960 bits per heavy atom. The van der Waals surface area contributed by atoms with E-state index < -0.39 is 10.0 Å². The van der Waals surface area contributed by atoms with Crippen LogP contribution in [0, 0.1) is 13.8 Å². The van der Waals surface area contributed by atoms with E-state index in [1.165, 1.54) is 12.1 Å². The van der Waals surface area contributed by atoms with E-state index in [2.05, 4.69) is 9.71 Å². The smallest absolute Gasteiger partial charge is 0.261 e. The maximum atomic E-state index is 12.6. The third-order valence-corrected chi connectivity index (χ3v) is 5.42. The average Bonchev–Trinajstić information content (AvgIpc) is 2.57. The van der Waals surface area contributed by atoms with Gasteiger partial charge in [-0.3, -0.25) is 9.71 Å². The summed E-state index contributed by atoms with van der Waals surface area (Å²) in [7, 11) is -3.69. The zero-order valence-corrected chi connectivity index (χ0v) is 15.4. The Bertz CT molecular complexity index is 1020. The van der Waals surface area contributed by atoms with Crippen molar-refractivity contribution in [2.45, 2.75) is 18.7 Å². The summed E-state index contributed by atoms with van der Waals surface area (Å²) < 4.78 is 27.8. The topological polar surface area (TPSA) is 59.1 Å². The number of nitrogens with one attached hydrogen (secondary N) is 1. The molecule has 2 aromatic carbocycles. The zero-order chi connectivity index (χ0) is 18.0. The van der Waals surface area contributed by atoms with Gasteiger partial charge in [-0.15, -0.1) is 0 Å². The second kappa shape index (κ2) is 6.86. The summed E-state index contributed by atoms with van der Waals surface area (Å²) in [5.74, 6) is 0. The summed E-state index contributed by atoms with van der Waals surface area (Å²) in [4.78, 5) is 4.65. The van der Waals surface area contributed by atoms with Crippen LogP contribution in [0.2, 0.25) is 5.02 Å². The van der Waals surface area contributed by atoms with Gasteiger partial charge in [-0.25, -0.2) is 8.42 Å². The predicted molar refractivity (Wildman–Crippen MR) is 101 cm³/mol. The predicted octanol–water partition coefficient (Wildman–Crippen LogP) is 4.82. The van der Waals surface area contributed by atoms with Crippen LogP contribution in [-0.4, -0.2) is 13.4 Å². The van der Waals surface area contributed by atoms with Crippen LogP contribution in [-0.2, 0) is 10.0 Å². The molecule has 0 bridgehead atoms. The molecule has 1 aromatic heterocycles. The van der Waals surface area contributed by atoms with Crippen molar-refractivity contribution in [3.63, 3.8) is 0 Å². The van der Waals surface area contributed by atoms with Gasteiger partial charge in [0.25, 0.3) is 10.0 Å². The summed E-state index contributed by atoms with van der Waals surface area (Å²) in [6.45, 7) is 3.77. The third-order valence-electron chi connectivity index (χ3n) is 3.79. The first-order chi connectivity index (χ1) is 11.8. The van der Waals surface area contributed by atoms with Crippen LogP contribution in [0.15, 0.2) is 65.6 Å². The van der Waals surface area contributed by atoms with Crippen molar-refractivity contribution in [1.29, 1.82) is 0 Å². The van der Waals surface area contributed by atoms with E-state index in [0.29, 0.717) is 10.7 Å². The Balaban J connectivity index is 1.97. The monoisotopic (exact) mass is 372 g/mol. The highest BCUT2D eigenvalue weighted by atomic mass is 35.5. The fourth-order valence-corrected chi connectivity index (χ4v) is 3.66. The van der Waals surface area contributed by atoms with Gasteiger partial charge in [-0.05, 0) is 61.9 Å². The van der Waals surface area contributed by atoms with Crippen molar-refractivity contribution in [2.24, 2.45) is 0 Å². The van der Waals surface area contributed by atoms with E-state index in [9.17, 15) is 8.42 Å². The fourth-order valence-electron chi connectivity index (χ4n) is 2.41. The Labute approximate surface area is 152 Å². The van der Waals surface area contributed by atoms with Crippen LogP contribution in [0.5, 0.6) is 0 Å². The molecule has 3 aromatic rings. The highest BCUT2D eigenvalue weighted by molar-refractivity contribution is 7.92. The van der Waals surface area contributed by atoms with Crippen molar-refractivity contribution in [3.8, 4) is 11.3 Å². The molecule has 3 rings (SSSR count). The molecule has 128 valence electrons. The minimum atomic E-state index is -3.69. The molecule has 0 atom stereocenters. The summed E-state index contributed by atoms with van der Waals surface area (Å²) in [6.07, 6.45) is 0. The molecule has 0 amide bonds. The van der Waals surface area contributed by atoms with Crippen molar-refractivity contribution in [3.05, 3.63) is 76.9 Å². The molecule has 0 saturated carbocycles. The largest absolute Gasteiger partial charge is 0.279 e. The molecule has 1 N–H and O–H groups in total. The second-order valence-corrected chi connectivity index (χ2v) is 7.87. The standard InChI is InChI=1S/C19H17ClN2O2S/c1-13-6-7-15(18-5-3-4-14(2)21-18)12-19(13)22-25(23,24)17-10-8-16(20)9-11-17/h3-12,22H,1-2H3. The zero-order valence-electron chi connectivity index (χ0n) is 13.8. The molecule has 0 spiro atoms. The van der Waals surface area contributed by atoms with E-state index >= 15 is 0 Å². The Kier molecular flexibility index (Phi) is 4.79. The molecular weight excluding hydrogens is 356 g/mol. The van der Waals surface area contributed by atoms with E-state index in [-0.39, 0.29) is 4.90 Å². The van der Waals surface area contributed by atoms with Crippen molar-refractivity contribution in [2.75, 3.05) is 4.72 Å². The number of aromatic nitrogens is 1. The highest BCUT2D eigenvalue weighted by Gasteiger charge is 2.16. The van der Waals surface area contributed by atoms with Crippen LogP contribution in [0.3, 0.4) is 0 Å². The maximum absolute atomic E-state index is 12.6. The number of aryl methyl sites for hydroxylation is 2. The number of benzene rings is 2. The molecule has 1 heterocycles. The Morgan fingerprint density at radius 2 is 1.68 bits per heavy atom. The van der Waals surface area contributed by atoms with Gasteiger partial charge in [-0.1, -0.05) is 29.8 Å². The number of anilines is 1. The molecule has 0 saturated heterocycles. The second-order valence-electron chi connectivity index (χ2n) is 5.75. The molecule has 0 aliphatic carbocycles. The van der Waals surface area contributed by atoms with Gasteiger partial charge >= 0.3 is 0 Å². The van der Waals surface area contributed by atoms with Gasteiger partial charge in [0, 0.05) is 16.3 Å². The molecule has 0 aliphatic heterocycles. The van der Waals surface area contributed by atoms with E-state index in [1.807, 2.05) is 44.2 Å². The first-order valence-electron chi connectivity index (χ1n) is 7.68. The number of hydrogen-bond donors (Lipinski definition) is 1. The lowest BCUT2D eigenvalue weighted by Crippen LogP contribution is -2.13. The summed E-state index contributed by atoms with van der Waals surface area (Å²) in [5, 5.41) is 0.489. The Hall–Kier alpha value is -2.37. The molecule has 0 fully saturated rings. The minimum Gasteiger partial charge on any atom is -0.279 e. The van der Waals surface area contributed by atoms with Gasteiger partial charge in [0.1, 0.15) is 0 Å². The first kappa shape index (κ1) is 17.5. The third kappa shape index (κ3) is 4.00. The van der Waals surface area contributed by atoms with Gasteiger partial charge in [0.05, 0.1) is 16.3 Å². The lowest BCUT2D eigenvalue weighted by atomic mass is 10.1. The van der Waals surface area contributed by atoms with E-state index in [0.717, 1.165) is 22.5 Å². The fraction of sp³-hybridized carbons (Fsp3) is 0.105. The Morgan fingerprint density at radius 3 is 2.36 bits per heavy atom. The number of halogens is 1. The van der Waals surface area contributed by atoms with Crippen molar-refractivity contribution < 1.29 is 8.42 Å². The normalized spacial score (nSPS) is 11.3. The van der Waals surface area contributed by atoms with Crippen LogP contribution < -0.4 is 4.72 Å². The van der Waals surface area contributed by atoms with Gasteiger partial charge < -0.3 is 0 Å². The minimum absolute atomic E-state index is 0.162. The molecular formula is C19H17ClN2O2S. The van der Waals surface area contributed by atoms with Gasteiger partial charge in [0.15, 0.2) is 0 Å². The number of rotatable bonds is 4. The number of sulfonamides is 1. The van der Waals surface area contributed by atoms with E-state index in [1.54, 1.807) is 18.2 Å². The summed E-state index contributed by atoms with van der Waals surface area (Å²) in [6, 6.07) is 17.4. The van der Waals surface area contributed by atoms with Gasteiger partial charge in [-0.2, -0.15) is 0 Å². The highest BCUT2D eigenvalue weighted by Crippen LogP contribution is 2.26. The van der Waals surface area contributed by atoms with Crippen LogP contribution in [0.4, 0.5) is 5.69 Å². The lowest BCUT2D eigenvalue weighted by Gasteiger charge is -2.12. The maximum Gasteiger partial charge on any atom is 0.261 e. The van der Waals surface area contributed by atoms with Crippen LogP contribution in [0.25, 0.3) is 11.3 Å².